The lowest BCUT2D eigenvalue weighted by Gasteiger charge is -2.26. The first-order chi connectivity index (χ1) is 13.2. The fourth-order valence-electron chi connectivity index (χ4n) is 2.12. The predicted molar refractivity (Wildman–Crippen MR) is 104 cm³/mol. The fraction of sp³-hybridized carbons (Fsp3) is 0.550. The molecule has 0 spiro atoms. The van der Waals surface area contributed by atoms with E-state index in [1.807, 2.05) is 0 Å². The van der Waals surface area contributed by atoms with Crippen LogP contribution in [-0.4, -0.2) is 48.9 Å². The maximum atomic E-state index is 13.6. The Balaban J connectivity index is 2.90. The molecule has 9 heteroatoms. The second kappa shape index (κ2) is 9.58. The van der Waals surface area contributed by atoms with Gasteiger partial charge in [-0.1, -0.05) is 0 Å². The molecule has 2 N–H and O–H groups in total. The summed E-state index contributed by atoms with van der Waals surface area (Å²) < 4.78 is 29.0. The quantitative estimate of drug-likeness (QED) is 0.697. The van der Waals surface area contributed by atoms with Crippen LogP contribution < -0.4 is 15.4 Å². The normalized spacial score (nSPS) is 12.6. The molecule has 0 aliphatic heterocycles. The first kappa shape index (κ1) is 24.2. The number of ether oxygens (including phenoxy) is 3. The fourth-order valence-corrected chi connectivity index (χ4v) is 2.12. The summed E-state index contributed by atoms with van der Waals surface area (Å²) >= 11 is 0. The van der Waals surface area contributed by atoms with E-state index in [2.05, 4.69) is 10.6 Å². The number of methoxy groups -OCH3 is 1. The topological polar surface area (TPSA) is 103 Å². The second-order valence-corrected chi connectivity index (χ2v) is 8.32. The summed E-state index contributed by atoms with van der Waals surface area (Å²) in [6.07, 6.45) is -0.838. The number of amides is 2. The number of esters is 1. The molecule has 1 atom stereocenters. The van der Waals surface area contributed by atoms with Gasteiger partial charge in [0.05, 0.1) is 7.11 Å². The third kappa shape index (κ3) is 9.27. The second-order valence-electron chi connectivity index (χ2n) is 8.32. The van der Waals surface area contributed by atoms with Crippen molar-refractivity contribution in [2.45, 2.75) is 58.8 Å². The van der Waals surface area contributed by atoms with Gasteiger partial charge >= 0.3 is 12.1 Å². The highest BCUT2D eigenvalue weighted by Crippen LogP contribution is 2.16. The van der Waals surface area contributed by atoms with Crippen LogP contribution in [0.5, 0.6) is 5.75 Å². The molecule has 0 aromatic heterocycles. The van der Waals surface area contributed by atoms with E-state index < -0.39 is 41.0 Å². The highest BCUT2D eigenvalue weighted by atomic mass is 19.1. The molecule has 1 rings (SSSR count). The molecule has 8 nitrogen and oxygen atoms in total. The Kier molecular flexibility index (Phi) is 7.99. The lowest BCUT2D eigenvalue weighted by atomic mass is 10.1. The highest BCUT2D eigenvalue weighted by molar-refractivity contribution is 5.95. The van der Waals surface area contributed by atoms with Crippen LogP contribution in [0, 0.1) is 5.82 Å². The zero-order valence-corrected chi connectivity index (χ0v) is 17.8. The van der Waals surface area contributed by atoms with Gasteiger partial charge in [-0.2, -0.15) is 0 Å². The summed E-state index contributed by atoms with van der Waals surface area (Å²) in [6, 6.07) is 2.30. The van der Waals surface area contributed by atoms with Gasteiger partial charge < -0.3 is 24.8 Å². The molecular weight excluding hydrogens is 383 g/mol. The summed E-state index contributed by atoms with van der Waals surface area (Å²) in [6.45, 7) is 9.76. The van der Waals surface area contributed by atoms with Crippen LogP contribution in [0.3, 0.4) is 0 Å². The first-order valence-corrected chi connectivity index (χ1v) is 9.05. The van der Waals surface area contributed by atoms with Gasteiger partial charge in [0.1, 0.15) is 28.8 Å². The van der Waals surface area contributed by atoms with Crippen molar-refractivity contribution >= 4 is 18.0 Å². The molecule has 0 saturated carbocycles. The molecule has 0 aliphatic rings. The molecule has 0 saturated heterocycles. The third-order valence-electron chi connectivity index (χ3n) is 3.22. The molecule has 0 aliphatic carbocycles. The van der Waals surface area contributed by atoms with Gasteiger partial charge in [-0.25, -0.2) is 14.0 Å². The van der Waals surface area contributed by atoms with Gasteiger partial charge in [0.2, 0.25) is 0 Å². The lowest BCUT2D eigenvalue weighted by Crippen LogP contribution is -2.51. The largest absolute Gasteiger partial charge is 0.497 e. The summed E-state index contributed by atoms with van der Waals surface area (Å²) in [4.78, 5) is 36.9. The molecule has 0 fully saturated rings. The summed E-state index contributed by atoms with van der Waals surface area (Å²) in [7, 11) is 1.35. The van der Waals surface area contributed by atoms with E-state index in [1.54, 1.807) is 41.5 Å². The van der Waals surface area contributed by atoms with E-state index >= 15 is 0 Å². The Bertz CT molecular complexity index is 752. The standard InChI is InChI=1S/C20H29FN2O6/c1-19(2,3)28-17(25)15(23-18(26)29-20(4,5)6)11-22-16(24)12-8-13(21)10-14(9-12)27-7/h8-10,15H,11H2,1-7H3,(H,22,24)(H,23,26)/t15-/m1/s1. The number of hydrogen-bond donors (Lipinski definition) is 2. The van der Waals surface area contributed by atoms with Crippen molar-refractivity contribution in [3.63, 3.8) is 0 Å². The van der Waals surface area contributed by atoms with Crippen LogP contribution >= 0.6 is 0 Å². The molecule has 162 valence electrons. The number of carbonyl (C=O) groups is 3. The number of carbonyl (C=O) groups excluding carboxylic acids is 3. The minimum atomic E-state index is -1.21. The Hall–Kier alpha value is -2.84. The number of rotatable bonds is 6. The summed E-state index contributed by atoms with van der Waals surface area (Å²) in [5.74, 6) is -1.88. The van der Waals surface area contributed by atoms with Gasteiger partial charge in [0.15, 0.2) is 0 Å². The Morgan fingerprint density at radius 2 is 1.59 bits per heavy atom. The number of hydrogen-bond acceptors (Lipinski definition) is 6. The van der Waals surface area contributed by atoms with E-state index in [4.69, 9.17) is 14.2 Å². The van der Waals surface area contributed by atoms with Crippen LogP contribution in [0.4, 0.5) is 9.18 Å². The summed E-state index contributed by atoms with van der Waals surface area (Å²) in [5, 5.41) is 4.87. The highest BCUT2D eigenvalue weighted by Gasteiger charge is 2.29. The van der Waals surface area contributed by atoms with Crippen molar-refractivity contribution in [1.82, 2.24) is 10.6 Å². The zero-order valence-electron chi connectivity index (χ0n) is 17.8. The van der Waals surface area contributed by atoms with Crippen LogP contribution in [-0.2, 0) is 14.3 Å². The van der Waals surface area contributed by atoms with E-state index in [-0.39, 0.29) is 17.9 Å². The first-order valence-electron chi connectivity index (χ1n) is 9.05. The lowest BCUT2D eigenvalue weighted by molar-refractivity contribution is -0.157. The predicted octanol–water partition coefficient (Wildman–Crippen LogP) is 2.80. The smallest absolute Gasteiger partial charge is 0.408 e. The Morgan fingerprint density at radius 3 is 2.10 bits per heavy atom. The number of nitrogens with one attached hydrogen (secondary N) is 2. The van der Waals surface area contributed by atoms with Gasteiger partial charge in [-0.05, 0) is 53.7 Å². The molecule has 0 radical (unpaired) electrons. The maximum absolute atomic E-state index is 13.6. The molecular formula is C20H29FN2O6. The van der Waals surface area contributed by atoms with Crippen LogP contribution in [0.15, 0.2) is 18.2 Å². The average Bonchev–Trinajstić information content (AvgIpc) is 2.54. The monoisotopic (exact) mass is 412 g/mol. The molecule has 1 aromatic carbocycles. The van der Waals surface area contributed by atoms with E-state index in [9.17, 15) is 18.8 Å². The van der Waals surface area contributed by atoms with Crippen molar-refractivity contribution in [1.29, 1.82) is 0 Å². The number of alkyl carbamates (subject to hydrolysis) is 1. The maximum Gasteiger partial charge on any atom is 0.408 e. The third-order valence-corrected chi connectivity index (χ3v) is 3.22. The van der Waals surface area contributed by atoms with Crippen molar-refractivity contribution in [3.8, 4) is 5.75 Å². The van der Waals surface area contributed by atoms with Crippen molar-refractivity contribution < 1.29 is 33.0 Å². The molecule has 2 amide bonds. The van der Waals surface area contributed by atoms with E-state index in [1.165, 1.54) is 13.2 Å². The summed E-state index contributed by atoms with van der Waals surface area (Å²) in [5.41, 5.74) is -1.57. The number of benzene rings is 1. The molecule has 29 heavy (non-hydrogen) atoms. The molecule has 0 heterocycles. The molecule has 1 aromatic rings. The number of halogens is 1. The minimum Gasteiger partial charge on any atom is -0.497 e. The van der Waals surface area contributed by atoms with E-state index in [0.717, 1.165) is 12.1 Å². The van der Waals surface area contributed by atoms with Gasteiger partial charge in [0.25, 0.3) is 5.91 Å². The Labute approximate surface area is 170 Å². The minimum absolute atomic E-state index is 0.00190. The van der Waals surface area contributed by atoms with E-state index in [0.29, 0.717) is 0 Å². The average molecular weight is 412 g/mol. The molecule has 0 unspecified atom stereocenters. The van der Waals surface area contributed by atoms with Crippen molar-refractivity contribution in [3.05, 3.63) is 29.6 Å². The van der Waals surface area contributed by atoms with Gasteiger partial charge in [-0.15, -0.1) is 0 Å². The Morgan fingerprint density at radius 1 is 1.00 bits per heavy atom. The van der Waals surface area contributed by atoms with Gasteiger partial charge in [0, 0.05) is 18.2 Å². The SMILES string of the molecule is COc1cc(F)cc(C(=O)NC[C@@H](NC(=O)OC(C)(C)C)C(=O)OC(C)(C)C)c1. The van der Waals surface area contributed by atoms with Crippen LogP contribution in [0.2, 0.25) is 0 Å². The van der Waals surface area contributed by atoms with Gasteiger partial charge in [-0.3, -0.25) is 4.79 Å². The van der Waals surface area contributed by atoms with Crippen molar-refractivity contribution in [2.75, 3.05) is 13.7 Å². The molecule has 0 bridgehead atoms. The zero-order chi connectivity index (χ0) is 22.4. The van der Waals surface area contributed by atoms with Crippen LogP contribution in [0.1, 0.15) is 51.9 Å². The van der Waals surface area contributed by atoms with Crippen LogP contribution in [0.25, 0.3) is 0 Å². The van der Waals surface area contributed by atoms with Crippen molar-refractivity contribution in [2.24, 2.45) is 0 Å².